The first kappa shape index (κ1) is 21.4. The zero-order chi connectivity index (χ0) is 17.5. The van der Waals surface area contributed by atoms with Crippen molar-refractivity contribution in [1.29, 1.82) is 0 Å². The largest absolute Gasteiger partial charge is 0.386 e. The van der Waals surface area contributed by atoms with Gasteiger partial charge in [-0.3, -0.25) is 4.99 Å². The molecule has 1 atom stereocenters. The lowest BCUT2D eigenvalue weighted by atomic mass is 10.1. The fraction of sp³-hybridized carbons (Fsp3) is 0.526. The van der Waals surface area contributed by atoms with Crippen LogP contribution in [0.5, 0.6) is 0 Å². The summed E-state index contributed by atoms with van der Waals surface area (Å²) < 4.78 is 1.21. The molecule has 144 valence electrons. The number of halogens is 1. The minimum atomic E-state index is -0.530. The molecule has 1 aromatic carbocycles. The van der Waals surface area contributed by atoms with Gasteiger partial charge in [0.15, 0.2) is 5.96 Å². The Morgan fingerprint density at radius 1 is 1.23 bits per heavy atom. The van der Waals surface area contributed by atoms with Crippen LogP contribution in [0.15, 0.2) is 35.3 Å². The lowest BCUT2D eigenvalue weighted by molar-refractivity contribution is 0.184. The summed E-state index contributed by atoms with van der Waals surface area (Å²) in [6.07, 6.45) is 3.46. The number of benzene rings is 1. The number of thiophene rings is 1. The molecular formula is C19H29IN4OS. The van der Waals surface area contributed by atoms with Crippen molar-refractivity contribution < 1.29 is 5.11 Å². The topological polar surface area (TPSA) is 59.9 Å². The molecule has 0 amide bonds. The van der Waals surface area contributed by atoms with Gasteiger partial charge >= 0.3 is 0 Å². The van der Waals surface area contributed by atoms with Gasteiger partial charge in [0.1, 0.15) is 6.10 Å². The zero-order valence-corrected chi connectivity index (χ0v) is 18.4. The number of rotatable bonds is 6. The Balaban J connectivity index is 0.00000243. The predicted octanol–water partition coefficient (Wildman–Crippen LogP) is 3.20. The molecule has 3 N–H and O–H groups in total. The number of nitrogens with one attached hydrogen (secondary N) is 2. The SMILES string of the molecule is CN=C(NCCN1CCCCC1)NCC(O)c1cc2ccccc2s1.I. The van der Waals surface area contributed by atoms with Crippen LogP contribution in [0.4, 0.5) is 0 Å². The molecule has 5 nitrogen and oxygen atoms in total. The van der Waals surface area contributed by atoms with E-state index < -0.39 is 6.10 Å². The van der Waals surface area contributed by atoms with Gasteiger partial charge in [0.2, 0.25) is 0 Å². The van der Waals surface area contributed by atoms with E-state index in [-0.39, 0.29) is 24.0 Å². The van der Waals surface area contributed by atoms with E-state index in [4.69, 9.17) is 0 Å². The Morgan fingerprint density at radius 2 is 2.00 bits per heavy atom. The molecule has 0 radical (unpaired) electrons. The molecule has 1 aliphatic heterocycles. The second-order valence-corrected chi connectivity index (χ2v) is 7.60. The van der Waals surface area contributed by atoms with E-state index >= 15 is 0 Å². The van der Waals surface area contributed by atoms with E-state index in [9.17, 15) is 5.11 Å². The van der Waals surface area contributed by atoms with E-state index in [0.717, 1.165) is 23.9 Å². The lowest BCUT2D eigenvalue weighted by Crippen LogP contribution is -2.43. The first-order chi connectivity index (χ1) is 12.3. The summed E-state index contributed by atoms with van der Waals surface area (Å²) in [4.78, 5) is 7.73. The third-order valence-electron chi connectivity index (χ3n) is 4.63. The molecule has 7 heteroatoms. The minimum Gasteiger partial charge on any atom is -0.386 e. The van der Waals surface area contributed by atoms with Crippen molar-refractivity contribution in [2.75, 3.05) is 39.8 Å². The Morgan fingerprint density at radius 3 is 2.73 bits per heavy atom. The molecular weight excluding hydrogens is 459 g/mol. The summed E-state index contributed by atoms with van der Waals surface area (Å²) in [5.74, 6) is 0.747. The molecule has 1 saturated heterocycles. The highest BCUT2D eigenvalue weighted by molar-refractivity contribution is 14.0. The van der Waals surface area contributed by atoms with E-state index in [2.05, 4.69) is 38.7 Å². The summed E-state index contributed by atoms with van der Waals surface area (Å²) in [7, 11) is 1.77. The first-order valence-corrected chi connectivity index (χ1v) is 9.91. The maximum atomic E-state index is 10.5. The minimum absolute atomic E-state index is 0. The summed E-state index contributed by atoms with van der Waals surface area (Å²) in [5, 5.41) is 18.2. The van der Waals surface area contributed by atoms with Crippen LogP contribution in [-0.4, -0.2) is 55.7 Å². The second kappa shape index (κ2) is 11.1. The summed E-state index contributed by atoms with van der Waals surface area (Å²) in [6.45, 7) is 4.78. The smallest absolute Gasteiger partial charge is 0.191 e. The summed E-state index contributed by atoms with van der Waals surface area (Å²) in [5.41, 5.74) is 0. The van der Waals surface area contributed by atoms with Crippen LogP contribution >= 0.6 is 35.3 Å². The van der Waals surface area contributed by atoms with Crippen molar-refractivity contribution in [3.63, 3.8) is 0 Å². The quantitative estimate of drug-likeness (QED) is 0.332. The normalized spacial score (nSPS) is 16.9. The number of likely N-dealkylation sites (tertiary alicyclic amines) is 1. The average molecular weight is 488 g/mol. The standard InChI is InChI=1S/C19H28N4OS.HI/c1-20-19(21-9-12-23-10-5-2-6-11-23)22-14-16(24)18-13-15-7-3-4-8-17(15)25-18;/h3-4,7-8,13,16,24H,2,5-6,9-12,14H2,1H3,(H2,20,21,22);1H. The van der Waals surface area contributed by atoms with Crippen LogP contribution in [0.25, 0.3) is 10.1 Å². The van der Waals surface area contributed by atoms with Crippen LogP contribution in [0.3, 0.4) is 0 Å². The van der Waals surface area contributed by atoms with E-state index in [0.29, 0.717) is 6.54 Å². The number of aliphatic hydroxyl groups is 1. The maximum absolute atomic E-state index is 10.5. The van der Waals surface area contributed by atoms with Crippen LogP contribution in [0.2, 0.25) is 0 Å². The van der Waals surface area contributed by atoms with Crippen LogP contribution in [0, 0.1) is 0 Å². The molecule has 2 aromatic rings. The first-order valence-electron chi connectivity index (χ1n) is 9.09. The van der Waals surface area contributed by atoms with E-state index in [1.165, 1.54) is 42.4 Å². The van der Waals surface area contributed by atoms with Crippen LogP contribution < -0.4 is 10.6 Å². The van der Waals surface area contributed by atoms with Crippen molar-refractivity contribution in [1.82, 2.24) is 15.5 Å². The zero-order valence-electron chi connectivity index (χ0n) is 15.3. The molecule has 26 heavy (non-hydrogen) atoms. The fourth-order valence-electron chi connectivity index (χ4n) is 3.20. The third-order valence-corrected chi connectivity index (χ3v) is 5.85. The van der Waals surface area contributed by atoms with Gasteiger partial charge in [0.05, 0.1) is 0 Å². The number of fused-ring (bicyclic) bond motifs is 1. The molecule has 1 unspecified atom stereocenters. The summed E-state index contributed by atoms with van der Waals surface area (Å²) >= 11 is 1.64. The molecule has 0 spiro atoms. The van der Waals surface area contributed by atoms with Gasteiger partial charge in [-0.15, -0.1) is 35.3 Å². The molecule has 1 aliphatic rings. The van der Waals surface area contributed by atoms with Crippen LogP contribution in [-0.2, 0) is 0 Å². The molecule has 0 bridgehead atoms. The molecule has 3 rings (SSSR count). The number of piperidine rings is 1. The van der Waals surface area contributed by atoms with E-state index in [1.54, 1.807) is 18.4 Å². The third kappa shape index (κ3) is 6.07. The number of hydrogen-bond acceptors (Lipinski definition) is 4. The Labute approximate surface area is 176 Å². The fourth-order valence-corrected chi connectivity index (χ4v) is 4.25. The van der Waals surface area contributed by atoms with Crippen LogP contribution in [0.1, 0.15) is 30.2 Å². The monoisotopic (exact) mass is 488 g/mol. The number of nitrogens with zero attached hydrogens (tertiary/aromatic N) is 2. The summed E-state index contributed by atoms with van der Waals surface area (Å²) in [6, 6.07) is 10.3. The van der Waals surface area contributed by atoms with Gasteiger partial charge in [-0.25, -0.2) is 0 Å². The average Bonchev–Trinajstić information content (AvgIpc) is 3.09. The van der Waals surface area contributed by atoms with Crippen molar-refractivity contribution in [3.05, 3.63) is 35.2 Å². The van der Waals surface area contributed by atoms with Crippen molar-refractivity contribution in [3.8, 4) is 0 Å². The Kier molecular flexibility index (Phi) is 9.10. The number of aliphatic hydroxyl groups excluding tert-OH is 1. The number of aliphatic imine (C=N–C) groups is 1. The molecule has 2 heterocycles. The molecule has 1 fully saturated rings. The van der Waals surface area contributed by atoms with Gasteiger partial charge in [-0.1, -0.05) is 24.6 Å². The van der Waals surface area contributed by atoms with Crippen molar-refractivity contribution in [2.24, 2.45) is 4.99 Å². The number of hydrogen-bond donors (Lipinski definition) is 3. The lowest BCUT2D eigenvalue weighted by Gasteiger charge is -2.26. The predicted molar refractivity (Wildman–Crippen MR) is 122 cm³/mol. The van der Waals surface area contributed by atoms with Gasteiger partial charge in [0.25, 0.3) is 0 Å². The highest BCUT2D eigenvalue weighted by Crippen LogP contribution is 2.29. The van der Waals surface area contributed by atoms with Gasteiger partial charge in [-0.05, 0) is 43.5 Å². The van der Waals surface area contributed by atoms with E-state index in [1.807, 2.05) is 12.1 Å². The maximum Gasteiger partial charge on any atom is 0.191 e. The van der Waals surface area contributed by atoms with Gasteiger partial charge in [-0.2, -0.15) is 0 Å². The van der Waals surface area contributed by atoms with Gasteiger partial charge in [0, 0.05) is 36.3 Å². The number of guanidine groups is 1. The highest BCUT2D eigenvalue weighted by Gasteiger charge is 2.13. The Bertz CT molecular complexity index is 667. The molecule has 0 aliphatic carbocycles. The molecule has 1 aromatic heterocycles. The molecule has 0 saturated carbocycles. The van der Waals surface area contributed by atoms with Gasteiger partial charge < -0.3 is 20.6 Å². The second-order valence-electron chi connectivity index (χ2n) is 6.48. The highest BCUT2D eigenvalue weighted by atomic mass is 127. The Hall–Kier alpha value is -0.900. The van der Waals surface area contributed by atoms with Crippen molar-refractivity contribution >= 4 is 51.4 Å². The van der Waals surface area contributed by atoms with Crippen molar-refractivity contribution in [2.45, 2.75) is 25.4 Å².